The highest BCUT2D eigenvalue weighted by molar-refractivity contribution is 14.1. The van der Waals surface area contributed by atoms with E-state index in [0.717, 1.165) is 29.4 Å². The molecule has 98 valence electrons. The van der Waals surface area contributed by atoms with E-state index in [1.54, 1.807) is 0 Å². The summed E-state index contributed by atoms with van der Waals surface area (Å²) >= 11 is 8.24. The van der Waals surface area contributed by atoms with Gasteiger partial charge < -0.3 is 10.1 Å². The lowest BCUT2D eigenvalue weighted by Gasteiger charge is -2.10. The van der Waals surface area contributed by atoms with Crippen LogP contribution in [0.4, 0.5) is 5.69 Å². The summed E-state index contributed by atoms with van der Waals surface area (Å²) in [5.41, 5.74) is 0.675. The van der Waals surface area contributed by atoms with Crippen LogP contribution in [-0.2, 0) is 9.53 Å². The van der Waals surface area contributed by atoms with Crippen LogP contribution in [0.1, 0.15) is 25.7 Å². The van der Waals surface area contributed by atoms with Crippen LogP contribution in [0.15, 0.2) is 18.2 Å². The Morgan fingerprint density at radius 2 is 2.39 bits per heavy atom. The molecule has 2 rings (SSSR count). The van der Waals surface area contributed by atoms with E-state index in [-0.39, 0.29) is 12.0 Å². The standard InChI is InChI=1S/C13H15ClINO2/c14-11-8-9(15)3-5-12(11)16-13(17)6-4-10-2-1-7-18-10/h3,5,8,10H,1-2,4,6-7H2,(H,16,17). The molecule has 0 bridgehead atoms. The average molecular weight is 380 g/mol. The molecule has 1 aromatic rings. The van der Waals surface area contributed by atoms with Crippen LogP contribution >= 0.6 is 34.2 Å². The number of carbonyl (C=O) groups is 1. The first-order valence-electron chi connectivity index (χ1n) is 6.01. The van der Waals surface area contributed by atoms with Gasteiger partial charge in [-0.1, -0.05) is 11.6 Å². The SMILES string of the molecule is O=C(CCC1CCCO1)Nc1ccc(I)cc1Cl. The second-order valence-electron chi connectivity index (χ2n) is 4.35. The van der Waals surface area contributed by atoms with Crippen LogP contribution in [0.25, 0.3) is 0 Å². The molecule has 1 aliphatic heterocycles. The van der Waals surface area contributed by atoms with Gasteiger partial charge in [-0.3, -0.25) is 4.79 Å². The topological polar surface area (TPSA) is 38.3 Å². The van der Waals surface area contributed by atoms with Gasteiger partial charge in [-0.2, -0.15) is 0 Å². The van der Waals surface area contributed by atoms with E-state index in [2.05, 4.69) is 27.9 Å². The Morgan fingerprint density at radius 1 is 1.56 bits per heavy atom. The maximum atomic E-state index is 11.8. The molecule has 0 radical (unpaired) electrons. The Bertz CT molecular complexity index is 433. The maximum Gasteiger partial charge on any atom is 0.224 e. The number of benzene rings is 1. The van der Waals surface area contributed by atoms with Gasteiger partial charge in [0.25, 0.3) is 0 Å². The van der Waals surface area contributed by atoms with Crippen molar-refractivity contribution in [3.63, 3.8) is 0 Å². The summed E-state index contributed by atoms with van der Waals surface area (Å²) in [6.45, 7) is 0.829. The lowest BCUT2D eigenvalue weighted by atomic mass is 10.1. The van der Waals surface area contributed by atoms with Gasteiger partial charge in [0.05, 0.1) is 16.8 Å². The van der Waals surface area contributed by atoms with Gasteiger partial charge in [0.2, 0.25) is 5.91 Å². The van der Waals surface area contributed by atoms with Gasteiger partial charge >= 0.3 is 0 Å². The van der Waals surface area contributed by atoms with Crippen molar-refractivity contribution in [1.29, 1.82) is 0 Å². The average Bonchev–Trinajstić information content (AvgIpc) is 2.83. The lowest BCUT2D eigenvalue weighted by molar-refractivity contribution is -0.116. The fourth-order valence-electron chi connectivity index (χ4n) is 1.97. The third-order valence-corrected chi connectivity index (χ3v) is 3.91. The predicted molar refractivity (Wildman–Crippen MR) is 81.0 cm³/mol. The van der Waals surface area contributed by atoms with E-state index in [9.17, 15) is 4.79 Å². The van der Waals surface area contributed by atoms with Gasteiger partial charge in [0, 0.05) is 16.6 Å². The molecular weight excluding hydrogens is 365 g/mol. The Labute approximate surface area is 125 Å². The van der Waals surface area contributed by atoms with E-state index < -0.39 is 0 Å². The second kappa shape index (κ2) is 6.73. The van der Waals surface area contributed by atoms with Crippen molar-refractivity contribution in [2.24, 2.45) is 0 Å². The summed E-state index contributed by atoms with van der Waals surface area (Å²) in [6, 6.07) is 5.58. The Balaban J connectivity index is 1.82. The summed E-state index contributed by atoms with van der Waals surface area (Å²) in [7, 11) is 0. The molecule has 1 N–H and O–H groups in total. The summed E-state index contributed by atoms with van der Waals surface area (Å²) in [4.78, 5) is 11.8. The van der Waals surface area contributed by atoms with Gasteiger partial charge in [-0.25, -0.2) is 0 Å². The van der Waals surface area contributed by atoms with E-state index in [1.807, 2.05) is 18.2 Å². The van der Waals surface area contributed by atoms with Crippen molar-refractivity contribution in [2.75, 3.05) is 11.9 Å². The highest BCUT2D eigenvalue weighted by Crippen LogP contribution is 2.24. The quantitative estimate of drug-likeness (QED) is 0.807. The highest BCUT2D eigenvalue weighted by Gasteiger charge is 2.16. The number of anilines is 1. The molecule has 1 amide bonds. The fraction of sp³-hybridized carbons (Fsp3) is 0.462. The number of rotatable bonds is 4. The van der Waals surface area contributed by atoms with Crippen molar-refractivity contribution in [3.8, 4) is 0 Å². The lowest BCUT2D eigenvalue weighted by Crippen LogP contribution is -2.15. The van der Waals surface area contributed by atoms with Gasteiger partial charge in [-0.05, 0) is 60.1 Å². The molecule has 3 nitrogen and oxygen atoms in total. The monoisotopic (exact) mass is 379 g/mol. The summed E-state index contributed by atoms with van der Waals surface area (Å²) < 4.78 is 6.54. The molecule has 0 aliphatic carbocycles. The molecule has 1 atom stereocenters. The zero-order valence-electron chi connectivity index (χ0n) is 9.92. The number of nitrogens with one attached hydrogen (secondary N) is 1. The zero-order valence-corrected chi connectivity index (χ0v) is 12.8. The summed E-state index contributed by atoms with van der Waals surface area (Å²) in [5.74, 6) is -0.00592. The first kappa shape index (κ1) is 14.1. The molecule has 0 aromatic heterocycles. The number of amides is 1. The zero-order chi connectivity index (χ0) is 13.0. The van der Waals surface area contributed by atoms with Gasteiger partial charge in [0.15, 0.2) is 0 Å². The first-order chi connectivity index (χ1) is 8.65. The molecule has 0 spiro atoms. The van der Waals surface area contributed by atoms with Gasteiger partial charge in [-0.15, -0.1) is 0 Å². The van der Waals surface area contributed by atoms with Crippen molar-refractivity contribution in [1.82, 2.24) is 0 Å². The van der Waals surface area contributed by atoms with E-state index in [1.165, 1.54) is 0 Å². The van der Waals surface area contributed by atoms with Crippen LogP contribution in [0, 0.1) is 3.57 Å². The Morgan fingerprint density at radius 3 is 3.06 bits per heavy atom. The molecule has 1 heterocycles. The normalized spacial score (nSPS) is 18.9. The van der Waals surface area contributed by atoms with Crippen LogP contribution in [0.3, 0.4) is 0 Å². The molecular formula is C13H15ClINO2. The van der Waals surface area contributed by atoms with Crippen molar-refractivity contribution in [3.05, 3.63) is 26.8 Å². The Hall–Kier alpha value is -0.330. The largest absolute Gasteiger partial charge is 0.378 e. The number of carbonyl (C=O) groups excluding carboxylic acids is 1. The van der Waals surface area contributed by atoms with Crippen molar-refractivity contribution < 1.29 is 9.53 Å². The molecule has 18 heavy (non-hydrogen) atoms. The van der Waals surface area contributed by atoms with Crippen LogP contribution in [0.2, 0.25) is 5.02 Å². The molecule has 1 aromatic carbocycles. The van der Waals surface area contributed by atoms with E-state index >= 15 is 0 Å². The third kappa shape index (κ3) is 4.10. The minimum absolute atomic E-state index is 0.00592. The van der Waals surface area contributed by atoms with Crippen LogP contribution in [0.5, 0.6) is 0 Å². The molecule has 1 saturated heterocycles. The predicted octanol–water partition coefficient (Wildman–Crippen LogP) is 3.84. The molecule has 1 aliphatic rings. The van der Waals surface area contributed by atoms with E-state index in [0.29, 0.717) is 17.1 Å². The maximum absolute atomic E-state index is 11.8. The smallest absolute Gasteiger partial charge is 0.224 e. The molecule has 1 fully saturated rings. The number of halogens is 2. The Kier molecular flexibility index (Phi) is 5.26. The molecule has 1 unspecified atom stereocenters. The van der Waals surface area contributed by atoms with Gasteiger partial charge in [0.1, 0.15) is 0 Å². The number of hydrogen-bond donors (Lipinski definition) is 1. The molecule has 0 saturated carbocycles. The fourth-order valence-corrected chi connectivity index (χ4v) is 2.87. The summed E-state index contributed by atoms with van der Waals surface area (Å²) in [5, 5.41) is 3.41. The minimum Gasteiger partial charge on any atom is -0.378 e. The van der Waals surface area contributed by atoms with Crippen LogP contribution in [-0.4, -0.2) is 18.6 Å². The van der Waals surface area contributed by atoms with E-state index in [4.69, 9.17) is 16.3 Å². The second-order valence-corrected chi connectivity index (χ2v) is 6.00. The highest BCUT2D eigenvalue weighted by atomic mass is 127. The third-order valence-electron chi connectivity index (χ3n) is 2.92. The number of ether oxygens (including phenoxy) is 1. The van der Waals surface area contributed by atoms with Crippen molar-refractivity contribution in [2.45, 2.75) is 31.8 Å². The first-order valence-corrected chi connectivity index (χ1v) is 7.47. The van der Waals surface area contributed by atoms with Crippen molar-refractivity contribution >= 4 is 45.8 Å². The minimum atomic E-state index is -0.00592. The van der Waals surface area contributed by atoms with Crippen LogP contribution < -0.4 is 5.32 Å². The number of hydrogen-bond acceptors (Lipinski definition) is 2. The summed E-state index contributed by atoms with van der Waals surface area (Å²) in [6.07, 6.45) is 3.69. The molecule has 5 heteroatoms.